The van der Waals surface area contributed by atoms with E-state index in [4.69, 9.17) is 16.3 Å². The molecule has 8 nitrogen and oxygen atoms in total. The van der Waals surface area contributed by atoms with E-state index in [9.17, 15) is 27.7 Å². The number of ether oxygens (including phenoxy) is 1. The number of halogens is 2. The van der Waals surface area contributed by atoms with Gasteiger partial charge in [0, 0.05) is 12.1 Å². The number of rotatable bonds is 7. The van der Waals surface area contributed by atoms with Crippen LogP contribution < -0.4 is 4.31 Å². The van der Waals surface area contributed by atoms with E-state index in [2.05, 4.69) is 0 Å². The van der Waals surface area contributed by atoms with Crippen LogP contribution in [0.5, 0.6) is 0 Å². The molecule has 0 fully saturated rings. The first-order valence-electron chi connectivity index (χ1n) is 7.54. The van der Waals surface area contributed by atoms with E-state index in [1.54, 1.807) is 6.92 Å². The Balaban J connectivity index is 2.56. The first-order valence-corrected chi connectivity index (χ1v) is 9.36. The van der Waals surface area contributed by atoms with Gasteiger partial charge in [0.2, 0.25) is 0 Å². The van der Waals surface area contributed by atoms with E-state index in [1.807, 2.05) is 0 Å². The molecular formula is C16H14ClFN2O6S. The molecule has 2 aromatic rings. The number of carbonyl (C=O) groups excluding carboxylic acids is 1. The van der Waals surface area contributed by atoms with Gasteiger partial charge in [0.25, 0.3) is 15.7 Å². The van der Waals surface area contributed by atoms with Gasteiger partial charge in [-0.25, -0.2) is 12.8 Å². The first-order chi connectivity index (χ1) is 12.7. The Morgan fingerprint density at radius 2 is 2.00 bits per heavy atom. The van der Waals surface area contributed by atoms with Crippen LogP contribution in [0.4, 0.5) is 15.8 Å². The molecule has 0 aliphatic carbocycles. The monoisotopic (exact) mass is 416 g/mol. The first kappa shape index (κ1) is 20.6. The van der Waals surface area contributed by atoms with Gasteiger partial charge >= 0.3 is 5.97 Å². The van der Waals surface area contributed by atoms with Crippen LogP contribution >= 0.6 is 11.6 Å². The Bertz CT molecular complexity index is 983. The third kappa shape index (κ3) is 4.72. The molecule has 11 heteroatoms. The van der Waals surface area contributed by atoms with Crippen molar-refractivity contribution >= 4 is 39.0 Å². The number of sulfonamides is 1. The predicted molar refractivity (Wildman–Crippen MR) is 95.7 cm³/mol. The van der Waals surface area contributed by atoms with Crippen molar-refractivity contribution in [3.63, 3.8) is 0 Å². The quantitative estimate of drug-likeness (QED) is 0.390. The molecule has 0 saturated heterocycles. The Morgan fingerprint density at radius 3 is 2.59 bits per heavy atom. The summed E-state index contributed by atoms with van der Waals surface area (Å²) in [6, 6.07) is 7.43. The van der Waals surface area contributed by atoms with E-state index >= 15 is 0 Å². The largest absolute Gasteiger partial charge is 0.465 e. The number of nitrogens with zero attached hydrogens (tertiary/aromatic N) is 2. The van der Waals surface area contributed by atoms with Crippen molar-refractivity contribution in [1.29, 1.82) is 0 Å². The summed E-state index contributed by atoms with van der Waals surface area (Å²) in [6.07, 6.45) is 0. The van der Waals surface area contributed by atoms with Crippen LogP contribution in [0.1, 0.15) is 6.92 Å². The van der Waals surface area contributed by atoms with Crippen molar-refractivity contribution in [3.8, 4) is 0 Å². The minimum atomic E-state index is -4.41. The number of hydrogen-bond acceptors (Lipinski definition) is 6. The third-order valence-electron chi connectivity index (χ3n) is 3.39. The Kier molecular flexibility index (Phi) is 6.34. The summed E-state index contributed by atoms with van der Waals surface area (Å²) in [5.74, 6) is -1.63. The number of esters is 1. The van der Waals surface area contributed by atoms with Crippen molar-refractivity contribution in [3.05, 3.63) is 63.4 Å². The molecule has 0 bridgehead atoms. The van der Waals surface area contributed by atoms with Crippen molar-refractivity contribution in [2.45, 2.75) is 11.8 Å². The molecule has 0 unspecified atom stereocenters. The standard InChI is InChI=1S/C16H14ClFN2O6S/c1-2-26-16(21)10-19(11-6-7-15(18)14(17)9-11)27(24,25)13-5-3-4-12(8-13)20(22)23/h3-9H,2,10H2,1H3. The minimum Gasteiger partial charge on any atom is -0.465 e. The van der Waals surface area contributed by atoms with Gasteiger partial charge in [-0.3, -0.25) is 19.2 Å². The number of hydrogen-bond donors (Lipinski definition) is 0. The van der Waals surface area contributed by atoms with E-state index in [0.717, 1.165) is 36.4 Å². The van der Waals surface area contributed by atoms with Gasteiger partial charge in [-0.2, -0.15) is 0 Å². The summed E-state index contributed by atoms with van der Waals surface area (Å²) < 4.78 is 44.9. The molecule has 2 rings (SSSR count). The lowest BCUT2D eigenvalue weighted by molar-refractivity contribution is -0.385. The molecule has 0 spiro atoms. The molecule has 0 atom stereocenters. The molecule has 0 aromatic heterocycles. The maximum atomic E-state index is 13.4. The van der Waals surface area contributed by atoms with Crippen LogP contribution in [-0.2, 0) is 19.6 Å². The second kappa shape index (κ2) is 8.31. The summed E-state index contributed by atoms with van der Waals surface area (Å²) >= 11 is 5.72. The van der Waals surface area contributed by atoms with Crippen LogP contribution in [0.25, 0.3) is 0 Å². The number of carbonyl (C=O) groups is 1. The number of nitro groups is 1. The Hall–Kier alpha value is -2.72. The zero-order valence-electron chi connectivity index (χ0n) is 14.0. The average molecular weight is 417 g/mol. The summed E-state index contributed by atoms with van der Waals surface area (Å²) in [5, 5.41) is 10.6. The maximum absolute atomic E-state index is 13.4. The fourth-order valence-electron chi connectivity index (χ4n) is 2.16. The highest BCUT2D eigenvalue weighted by molar-refractivity contribution is 7.92. The molecule has 0 radical (unpaired) electrons. The van der Waals surface area contributed by atoms with Crippen molar-refractivity contribution in [2.24, 2.45) is 0 Å². The molecule has 27 heavy (non-hydrogen) atoms. The van der Waals surface area contributed by atoms with E-state index < -0.39 is 43.9 Å². The summed E-state index contributed by atoms with van der Waals surface area (Å²) in [4.78, 5) is 21.7. The zero-order chi connectivity index (χ0) is 20.2. The number of benzene rings is 2. The summed E-state index contributed by atoms with van der Waals surface area (Å²) in [7, 11) is -4.41. The van der Waals surface area contributed by atoms with Crippen LogP contribution in [-0.4, -0.2) is 32.5 Å². The topological polar surface area (TPSA) is 107 Å². The number of anilines is 1. The number of non-ortho nitro benzene ring substituents is 1. The van der Waals surface area contributed by atoms with E-state index in [0.29, 0.717) is 4.31 Å². The van der Waals surface area contributed by atoms with Crippen LogP contribution in [0.2, 0.25) is 5.02 Å². The number of nitro benzene ring substituents is 1. The van der Waals surface area contributed by atoms with Crippen molar-refractivity contribution < 1.29 is 27.3 Å². The third-order valence-corrected chi connectivity index (χ3v) is 5.45. The van der Waals surface area contributed by atoms with Crippen molar-refractivity contribution in [2.75, 3.05) is 17.5 Å². The Morgan fingerprint density at radius 1 is 1.30 bits per heavy atom. The lowest BCUT2D eigenvalue weighted by Crippen LogP contribution is -2.36. The molecule has 0 saturated carbocycles. The maximum Gasteiger partial charge on any atom is 0.326 e. The van der Waals surface area contributed by atoms with Crippen LogP contribution in [0.15, 0.2) is 47.4 Å². The van der Waals surface area contributed by atoms with E-state index in [-0.39, 0.29) is 17.3 Å². The normalized spacial score (nSPS) is 11.1. The highest BCUT2D eigenvalue weighted by atomic mass is 35.5. The molecular weight excluding hydrogens is 403 g/mol. The Labute approximate surface area is 159 Å². The predicted octanol–water partition coefficient (Wildman–Crippen LogP) is 3.15. The smallest absolute Gasteiger partial charge is 0.326 e. The fraction of sp³-hybridized carbons (Fsp3) is 0.188. The molecule has 0 amide bonds. The highest BCUT2D eigenvalue weighted by Gasteiger charge is 2.29. The van der Waals surface area contributed by atoms with Gasteiger partial charge in [-0.15, -0.1) is 0 Å². The lowest BCUT2D eigenvalue weighted by Gasteiger charge is -2.23. The average Bonchev–Trinajstić information content (AvgIpc) is 2.62. The van der Waals surface area contributed by atoms with Gasteiger partial charge in [-0.05, 0) is 31.2 Å². The van der Waals surface area contributed by atoms with Crippen molar-refractivity contribution in [1.82, 2.24) is 0 Å². The molecule has 0 aliphatic rings. The van der Waals surface area contributed by atoms with Gasteiger partial charge in [0.15, 0.2) is 0 Å². The SMILES string of the molecule is CCOC(=O)CN(c1ccc(F)c(Cl)c1)S(=O)(=O)c1cccc([N+](=O)[O-])c1. The molecule has 0 aliphatic heterocycles. The van der Waals surface area contributed by atoms with Gasteiger partial charge in [-0.1, -0.05) is 17.7 Å². The molecule has 2 aromatic carbocycles. The minimum absolute atomic E-state index is 0.0215. The lowest BCUT2D eigenvalue weighted by atomic mass is 10.3. The summed E-state index contributed by atoms with van der Waals surface area (Å²) in [5.41, 5.74) is -0.537. The van der Waals surface area contributed by atoms with Gasteiger partial charge in [0.05, 0.1) is 27.1 Å². The van der Waals surface area contributed by atoms with Gasteiger partial charge in [0.1, 0.15) is 12.4 Å². The highest BCUT2D eigenvalue weighted by Crippen LogP contribution is 2.29. The molecule has 0 N–H and O–H groups in total. The molecule has 0 heterocycles. The second-order valence-electron chi connectivity index (χ2n) is 5.17. The summed E-state index contributed by atoms with van der Waals surface area (Å²) in [6.45, 7) is 0.848. The van der Waals surface area contributed by atoms with E-state index in [1.165, 1.54) is 6.07 Å². The van der Waals surface area contributed by atoms with Crippen LogP contribution in [0, 0.1) is 15.9 Å². The fourth-order valence-corrected chi connectivity index (χ4v) is 3.78. The zero-order valence-corrected chi connectivity index (χ0v) is 15.5. The van der Waals surface area contributed by atoms with Crippen LogP contribution in [0.3, 0.4) is 0 Å². The van der Waals surface area contributed by atoms with Gasteiger partial charge < -0.3 is 4.74 Å². The molecule has 144 valence electrons. The second-order valence-corrected chi connectivity index (χ2v) is 7.44.